The fourth-order valence-corrected chi connectivity index (χ4v) is 3.67. The van der Waals surface area contributed by atoms with Crippen LogP contribution in [0, 0.1) is 0 Å². The van der Waals surface area contributed by atoms with Gasteiger partial charge in [0.1, 0.15) is 11.6 Å². The van der Waals surface area contributed by atoms with Gasteiger partial charge < -0.3 is 15.4 Å². The van der Waals surface area contributed by atoms with Crippen LogP contribution in [0.25, 0.3) is 5.65 Å². The van der Waals surface area contributed by atoms with E-state index in [1.165, 1.54) is 0 Å². The van der Waals surface area contributed by atoms with E-state index in [1.54, 1.807) is 10.7 Å². The first kappa shape index (κ1) is 15.4. The highest BCUT2D eigenvalue weighted by Crippen LogP contribution is 2.27. The molecule has 1 saturated carbocycles. The first-order valence-electron chi connectivity index (χ1n) is 8.72. The summed E-state index contributed by atoms with van der Waals surface area (Å²) in [6.45, 7) is 0.639. The highest BCUT2D eigenvalue weighted by Gasteiger charge is 2.24. The summed E-state index contributed by atoms with van der Waals surface area (Å²) in [5.74, 6) is 1.67. The largest absolute Gasteiger partial charge is 0.378 e. The molecule has 7 nitrogen and oxygen atoms in total. The van der Waals surface area contributed by atoms with Gasteiger partial charge >= 0.3 is 0 Å². The van der Waals surface area contributed by atoms with Crippen molar-refractivity contribution in [2.75, 3.05) is 24.3 Å². The van der Waals surface area contributed by atoms with Gasteiger partial charge in [0.15, 0.2) is 11.4 Å². The topological polar surface area (TPSA) is 80.5 Å². The van der Waals surface area contributed by atoms with Crippen LogP contribution in [0.3, 0.4) is 0 Å². The van der Waals surface area contributed by atoms with Gasteiger partial charge in [0.05, 0.1) is 17.9 Å². The first-order valence-corrected chi connectivity index (χ1v) is 8.72. The SMILES string of the molecule is CNc1cc2nc3c(cnn13)C(=O)CCCOC1CCCC(C1)N2. The minimum absolute atomic E-state index is 0.0718. The Hall–Kier alpha value is -2.15. The smallest absolute Gasteiger partial charge is 0.170 e. The van der Waals surface area contributed by atoms with Crippen LogP contribution in [0.1, 0.15) is 48.9 Å². The number of nitrogens with one attached hydrogen (secondary N) is 2. The number of fused-ring (bicyclic) bond motifs is 3. The predicted molar refractivity (Wildman–Crippen MR) is 91.7 cm³/mol. The van der Waals surface area contributed by atoms with E-state index in [4.69, 9.17) is 4.74 Å². The lowest BCUT2D eigenvalue weighted by Gasteiger charge is -2.30. The Morgan fingerprint density at radius 3 is 3.17 bits per heavy atom. The molecule has 1 fully saturated rings. The number of hydrogen-bond acceptors (Lipinski definition) is 6. The van der Waals surface area contributed by atoms with Crippen molar-refractivity contribution in [3.8, 4) is 0 Å². The molecule has 24 heavy (non-hydrogen) atoms. The van der Waals surface area contributed by atoms with Crippen molar-refractivity contribution in [1.82, 2.24) is 14.6 Å². The molecule has 4 rings (SSSR count). The van der Waals surface area contributed by atoms with Crippen LogP contribution >= 0.6 is 0 Å². The number of ketones is 1. The van der Waals surface area contributed by atoms with Gasteiger partial charge in [0, 0.05) is 32.2 Å². The molecule has 0 radical (unpaired) electrons. The maximum absolute atomic E-state index is 12.5. The van der Waals surface area contributed by atoms with Crippen molar-refractivity contribution in [3.63, 3.8) is 0 Å². The number of aromatic nitrogens is 3. The summed E-state index contributed by atoms with van der Waals surface area (Å²) in [4.78, 5) is 17.2. The second-order valence-electron chi connectivity index (χ2n) is 6.60. The Morgan fingerprint density at radius 1 is 1.38 bits per heavy atom. The van der Waals surface area contributed by atoms with Crippen LogP contribution in [0.2, 0.25) is 0 Å². The van der Waals surface area contributed by atoms with E-state index in [0.29, 0.717) is 30.3 Å². The molecular formula is C17H23N5O2. The molecule has 1 aliphatic carbocycles. The van der Waals surface area contributed by atoms with Crippen LogP contribution in [0.5, 0.6) is 0 Å². The number of nitrogens with zero attached hydrogens (tertiary/aromatic N) is 3. The van der Waals surface area contributed by atoms with Gasteiger partial charge in [-0.2, -0.15) is 9.61 Å². The number of carbonyl (C=O) groups excluding carboxylic acids is 1. The molecule has 2 atom stereocenters. The zero-order valence-corrected chi connectivity index (χ0v) is 13.9. The standard InChI is InChI=1S/C17H23N5O2/c1-18-16-9-15-20-11-4-2-5-12(8-11)24-7-3-6-14(23)13-10-19-22(16)17(13)21-15/h9-12,18H,2-8H2,1H3,(H,20,21). The molecule has 2 N–H and O–H groups in total. The van der Waals surface area contributed by atoms with E-state index >= 15 is 0 Å². The van der Waals surface area contributed by atoms with E-state index in [9.17, 15) is 4.79 Å². The molecule has 0 aromatic carbocycles. The summed E-state index contributed by atoms with van der Waals surface area (Å²) in [5.41, 5.74) is 1.19. The van der Waals surface area contributed by atoms with E-state index in [0.717, 1.165) is 43.7 Å². The van der Waals surface area contributed by atoms with Gasteiger partial charge in [-0.15, -0.1) is 0 Å². The summed E-state index contributed by atoms with van der Waals surface area (Å²) in [6, 6.07) is 2.30. The average Bonchev–Trinajstić information content (AvgIpc) is 3.01. The molecule has 2 aliphatic rings. The fraction of sp³-hybridized carbons (Fsp3) is 0.588. The minimum Gasteiger partial charge on any atom is -0.378 e. The number of hydrogen-bond donors (Lipinski definition) is 2. The van der Waals surface area contributed by atoms with Crippen molar-refractivity contribution in [2.45, 2.75) is 50.7 Å². The molecule has 0 spiro atoms. The third-order valence-corrected chi connectivity index (χ3v) is 4.91. The summed E-state index contributed by atoms with van der Waals surface area (Å²) >= 11 is 0. The summed E-state index contributed by atoms with van der Waals surface area (Å²) in [7, 11) is 1.85. The molecule has 7 heteroatoms. The molecule has 128 valence electrons. The Kier molecular flexibility index (Phi) is 4.10. The lowest BCUT2D eigenvalue weighted by atomic mass is 9.93. The zero-order valence-electron chi connectivity index (χ0n) is 13.9. The number of carbonyl (C=O) groups is 1. The summed E-state index contributed by atoms with van der Waals surface area (Å²) < 4.78 is 7.68. The maximum atomic E-state index is 12.5. The van der Waals surface area contributed by atoms with Crippen LogP contribution in [0.4, 0.5) is 11.6 Å². The molecule has 2 unspecified atom stereocenters. The van der Waals surface area contributed by atoms with E-state index in [2.05, 4.69) is 20.7 Å². The predicted octanol–water partition coefficient (Wildman–Crippen LogP) is 2.49. The van der Waals surface area contributed by atoms with Gasteiger partial charge in [-0.3, -0.25) is 4.79 Å². The summed E-state index contributed by atoms with van der Waals surface area (Å²) in [6.07, 6.45) is 7.46. The number of rotatable bonds is 1. The second-order valence-corrected chi connectivity index (χ2v) is 6.60. The number of anilines is 2. The molecule has 2 aromatic rings. The molecular weight excluding hydrogens is 306 g/mol. The number of ether oxygens (including phenoxy) is 1. The van der Waals surface area contributed by atoms with Crippen molar-refractivity contribution in [3.05, 3.63) is 17.8 Å². The highest BCUT2D eigenvalue weighted by molar-refractivity contribution is 6.01. The normalized spacial score (nSPS) is 24.8. The van der Waals surface area contributed by atoms with Crippen LogP contribution < -0.4 is 10.6 Å². The Bertz CT molecular complexity index is 757. The van der Waals surface area contributed by atoms with Crippen molar-refractivity contribution in [2.24, 2.45) is 0 Å². The first-order chi connectivity index (χ1) is 11.7. The van der Waals surface area contributed by atoms with Gasteiger partial charge in [-0.05, 0) is 32.1 Å². The summed E-state index contributed by atoms with van der Waals surface area (Å²) in [5, 5.41) is 11.0. The third kappa shape index (κ3) is 2.84. The van der Waals surface area contributed by atoms with E-state index in [-0.39, 0.29) is 11.9 Å². The molecule has 0 saturated heterocycles. The van der Waals surface area contributed by atoms with Gasteiger partial charge in [-0.25, -0.2) is 4.98 Å². The van der Waals surface area contributed by atoms with Gasteiger partial charge in [0.25, 0.3) is 0 Å². The molecule has 0 amide bonds. The number of Topliss-reactive ketones (excluding diaryl/α,β-unsaturated/α-hetero) is 1. The highest BCUT2D eigenvalue weighted by atomic mass is 16.5. The molecule has 2 aromatic heterocycles. The third-order valence-electron chi connectivity index (χ3n) is 4.91. The minimum atomic E-state index is 0.0718. The average molecular weight is 329 g/mol. The lowest BCUT2D eigenvalue weighted by molar-refractivity contribution is 0.0235. The molecule has 3 heterocycles. The quantitative estimate of drug-likeness (QED) is 0.837. The van der Waals surface area contributed by atoms with Crippen molar-refractivity contribution < 1.29 is 9.53 Å². The maximum Gasteiger partial charge on any atom is 0.170 e. The second kappa shape index (κ2) is 6.39. The van der Waals surface area contributed by atoms with E-state index < -0.39 is 0 Å². The Morgan fingerprint density at radius 2 is 2.29 bits per heavy atom. The Labute approximate surface area is 140 Å². The van der Waals surface area contributed by atoms with Gasteiger partial charge in [0.2, 0.25) is 0 Å². The van der Waals surface area contributed by atoms with Crippen molar-refractivity contribution in [1.29, 1.82) is 0 Å². The molecule has 4 bridgehead atoms. The van der Waals surface area contributed by atoms with Crippen LogP contribution in [0.15, 0.2) is 12.3 Å². The lowest BCUT2D eigenvalue weighted by Crippen LogP contribution is -2.32. The monoisotopic (exact) mass is 329 g/mol. The molecule has 1 aliphatic heterocycles. The van der Waals surface area contributed by atoms with Crippen LogP contribution in [-0.2, 0) is 4.74 Å². The van der Waals surface area contributed by atoms with Crippen molar-refractivity contribution >= 4 is 23.1 Å². The Balaban J connectivity index is 1.77. The van der Waals surface area contributed by atoms with Gasteiger partial charge in [-0.1, -0.05) is 0 Å². The van der Waals surface area contributed by atoms with E-state index in [1.807, 2.05) is 13.1 Å². The fourth-order valence-electron chi connectivity index (χ4n) is 3.67. The zero-order chi connectivity index (χ0) is 16.5. The van der Waals surface area contributed by atoms with Crippen LogP contribution in [-0.4, -0.2) is 46.2 Å².